The minimum atomic E-state index is -4.86. The van der Waals surface area contributed by atoms with E-state index < -0.39 is 30.9 Å². The topological polar surface area (TPSA) is 93.5 Å². The van der Waals surface area contributed by atoms with Crippen LogP contribution in [0.5, 0.6) is 11.8 Å². The first-order chi connectivity index (χ1) is 16.0. The first kappa shape index (κ1) is 25.0. The summed E-state index contributed by atoms with van der Waals surface area (Å²) in [6.45, 7) is -1.65. The van der Waals surface area contributed by atoms with E-state index in [4.69, 9.17) is 0 Å². The summed E-state index contributed by atoms with van der Waals surface area (Å²) < 4.78 is 83.5. The van der Waals surface area contributed by atoms with E-state index in [1.54, 1.807) is 24.3 Å². The highest BCUT2D eigenvalue weighted by molar-refractivity contribution is 9.10. The standard InChI is InChI=1S/C19H13BrF6N6O2/c20-14-4-2-1-3-11(14)9-27-32-16-29-15(30-17(31-16)33-10-18(21,22)23)28-12-5-7-13(8-6-12)34-19(24,25)26/h1-9H,10H2,(H2,28,29,30,31,32)/b27-9+. The minimum Gasteiger partial charge on any atom is -0.454 e. The second-order valence-electron chi connectivity index (χ2n) is 6.26. The number of nitrogens with zero attached hydrogens (tertiary/aromatic N) is 4. The molecule has 0 aliphatic carbocycles. The molecule has 3 rings (SSSR count). The monoisotopic (exact) mass is 550 g/mol. The fourth-order valence-corrected chi connectivity index (χ4v) is 2.67. The number of rotatable bonds is 8. The molecule has 1 aromatic heterocycles. The summed E-state index contributed by atoms with van der Waals surface area (Å²) >= 11 is 3.34. The summed E-state index contributed by atoms with van der Waals surface area (Å²) in [6, 6.07) is 10.9. The van der Waals surface area contributed by atoms with Gasteiger partial charge in [0.15, 0.2) is 6.61 Å². The number of halogens is 7. The number of aromatic nitrogens is 3. The van der Waals surface area contributed by atoms with Gasteiger partial charge in [0, 0.05) is 15.7 Å². The molecule has 0 bridgehead atoms. The van der Waals surface area contributed by atoms with Crippen LogP contribution in [0.15, 0.2) is 58.1 Å². The molecule has 0 aliphatic rings. The van der Waals surface area contributed by atoms with Gasteiger partial charge in [-0.05, 0) is 30.3 Å². The molecule has 34 heavy (non-hydrogen) atoms. The molecule has 180 valence electrons. The van der Waals surface area contributed by atoms with Crippen LogP contribution in [0, 0.1) is 0 Å². The van der Waals surface area contributed by atoms with Crippen molar-refractivity contribution in [2.75, 3.05) is 17.3 Å². The van der Waals surface area contributed by atoms with E-state index >= 15 is 0 Å². The first-order valence-electron chi connectivity index (χ1n) is 9.09. The minimum absolute atomic E-state index is 0.213. The summed E-state index contributed by atoms with van der Waals surface area (Å²) in [5.74, 6) is -0.975. The average molecular weight is 551 g/mol. The molecule has 0 amide bonds. The predicted octanol–water partition coefficient (Wildman–Crippen LogP) is 5.66. The molecular weight excluding hydrogens is 538 g/mol. The normalized spacial score (nSPS) is 12.0. The molecule has 8 nitrogen and oxygen atoms in total. The molecule has 0 atom stereocenters. The quantitative estimate of drug-likeness (QED) is 0.212. The Morgan fingerprint density at radius 3 is 2.24 bits per heavy atom. The molecule has 2 aromatic carbocycles. The van der Waals surface area contributed by atoms with Crippen molar-refractivity contribution in [2.45, 2.75) is 12.5 Å². The third kappa shape index (κ3) is 8.38. The summed E-state index contributed by atoms with van der Waals surface area (Å²) in [6.07, 6.45) is -8.08. The van der Waals surface area contributed by atoms with Gasteiger partial charge in [-0.15, -0.1) is 13.2 Å². The Balaban J connectivity index is 1.79. The Morgan fingerprint density at radius 1 is 0.912 bits per heavy atom. The van der Waals surface area contributed by atoms with Crippen LogP contribution >= 0.6 is 15.9 Å². The van der Waals surface area contributed by atoms with Crippen molar-refractivity contribution in [1.29, 1.82) is 0 Å². The van der Waals surface area contributed by atoms with Crippen LogP contribution in [-0.2, 0) is 0 Å². The van der Waals surface area contributed by atoms with Gasteiger partial charge in [0.2, 0.25) is 5.95 Å². The molecule has 0 unspecified atom stereocenters. The Labute approximate surface area is 196 Å². The van der Waals surface area contributed by atoms with Crippen LogP contribution in [0.4, 0.5) is 43.9 Å². The highest BCUT2D eigenvalue weighted by atomic mass is 79.9. The number of nitrogens with one attached hydrogen (secondary N) is 2. The molecule has 0 radical (unpaired) electrons. The Morgan fingerprint density at radius 2 is 1.59 bits per heavy atom. The van der Waals surface area contributed by atoms with Crippen LogP contribution in [0.25, 0.3) is 0 Å². The highest BCUT2D eigenvalue weighted by Gasteiger charge is 2.31. The van der Waals surface area contributed by atoms with Crippen molar-refractivity contribution in [3.8, 4) is 11.8 Å². The van der Waals surface area contributed by atoms with Gasteiger partial charge >= 0.3 is 18.5 Å². The lowest BCUT2D eigenvalue weighted by Crippen LogP contribution is -2.20. The van der Waals surface area contributed by atoms with Crippen LogP contribution in [0.2, 0.25) is 0 Å². The van der Waals surface area contributed by atoms with Crippen LogP contribution in [0.3, 0.4) is 0 Å². The molecule has 1 heterocycles. The maximum Gasteiger partial charge on any atom is 0.573 e. The van der Waals surface area contributed by atoms with E-state index in [1.807, 2.05) is 0 Å². The number of hydrazone groups is 1. The van der Waals surface area contributed by atoms with E-state index in [2.05, 4.69) is 56.2 Å². The van der Waals surface area contributed by atoms with E-state index in [9.17, 15) is 26.3 Å². The molecule has 3 aromatic rings. The van der Waals surface area contributed by atoms with E-state index in [0.717, 1.165) is 16.6 Å². The van der Waals surface area contributed by atoms with Gasteiger partial charge in [-0.1, -0.05) is 34.1 Å². The van der Waals surface area contributed by atoms with Gasteiger partial charge in [0.05, 0.1) is 6.21 Å². The van der Waals surface area contributed by atoms with E-state index in [1.165, 1.54) is 18.3 Å². The molecule has 0 fully saturated rings. The summed E-state index contributed by atoms with van der Waals surface area (Å²) in [4.78, 5) is 11.4. The first-order valence-corrected chi connectivity index (χ1v) is 9.88. The van der Waals surface area contributed by atoms with Crippen molar-refractivity contribution in [3.05, 3.63) is 58.6 Å². The van der Waals surface area contributed by atoms with Crippen molar-refractivity contribution < 1.29 is 35.8 Å². The largest absolute Gasteiger partial charge is 0.573 e. The lowest BCUT2D eigenvalue weighted by Gasteiger charge is -2.12. The fourth-order valence-electron chi connectivity index (χ4n) is 2.28. The van der Waals surface area contributed by atoms with Crippen LogP contribution in [0.1, 0.15) is 5.56 Å². The number of alkyl halides is 6. The smallest absolute Gasteiger partial charge is 0.454 e. The second kappa shape index (κ2) is 10.5. The number of hydrogen-bond acceptors (Lipinski definition) is 8. The molecule has 0 saturated carbocycles. The number of anilines is 3. The Bertz CT molecular complexity index is 1140. The van der Waals surface area contributed by atoms with Gasteiger partial charge in [-0.25, -0.2) is 5.43 Å². The van der Waals surface area contributed by atoms with Crippen molar-refractivity contribution in [3.63, 3.8) is 0 Å². The van der Waals surface area contributed by atoms with Gasteiger partial charge in [-0.2, -0.15) is 33.2 Å². The molecule has 2 N–H and O–H groups in total. The van der Waals surface area contributed by atoms with Crippen LogP contribution in [-0.4, -0.2) is 40.3 Å². The van der Waals surface area contributed by atoms with Crippen LogP contribution < -0.4 is 20.2 Å². The fraction of sp³-hybridized carbons (Fsp3) is 0.158. The number of hydrogen-bond donors (Lipinski definition) is 2. The van der Waals surface area contributed by atoms with Gasteiger partial charge < -0.3 is 14.8 Å². The van der Waals surface area contributed by atoms with Crippen molar-refractivity contribution in [2.24, 2.45) is 5.10 Å². The zero-order valence-electron chi connectivity index (χ0n) is 16.7. The van der Waals surface area contributed by atoms with Gasteiger partial charge in [0.1, 0.15) is 5.75 Å². The molecule has 15 heteroatoms. The van der Waals surface area contributed by atoms with Crippen molar-refractivity contribution in [1.82, 2.24) is 15.0 Å². The highest BCUT2D eigenvalue weighted by Crippen LogP contribution is 2.25. The lowest BCUT2D eigenvalue weighted by atomic mass is 10.2. The summed E-state index contributed by atoms with van der Waals surface area (Å²) in [5.41, 5.74) is 3.36. The van der Waals surface area contributed by atoms with Gasteiger partial charge in [-0.3, -0.25) is 0 Å². The maximum absolute atomic E-state index is 12.5. The second-order valence-corrected chi connectivity index (χ2v) is 7.11. The zero-order valence-corrected chi connectivity index (χ0v) is 18.2. The third-order valence-electron chi connectivity index (χ3n) is 3.60. The van der Waals surface area contributed by atoms with E-state index in [0.29, 0.717) is 5.56 Å². The SMILES string of the molecule is FC(F)(F)COc1nc(N/N=C/c2ccccc2Br)nc(Nc2ccc(OC(F)(F)F)cc2)n1. The molecule has 0 saturated heterocycles. The average Bonchev–Trinajstić information content (AvgIpc) is 2.74. The maximum atomic E-state index is 12.5. The van der Waals surface area contributed by atoms with Gasteiger partial charge in [0.25, 0.3) is 5.95 Å². The number of benzene rings is 2. The molecule has 0 spiro atoms. The lowest BCUT2D eigenvalue weighted by molar-refractivity contribution is -0.274. The summed E-state index contributed by atoms with van der Waals surface area (Å²) in [5, 5.41) is 6.56. The van der Waals surface area contributed by atoms with Crippen molar-refractivity contribution >= 4 is 39.7 Å². The molecular formula is C19H13BrF6N6O2. The Hall–Kier alpha value is -3.62. The summed E-state index contributed by atoms with van der Waals surface area (Å²) in [7, 11) is 0. The van der Waals surface area contributed by atoms with E-state index in [-0.39, 0.29) is 17.6 Å². The molecule has 0 aliphatic heterocycles. The number of ether oxygens (including phenoxy) is 2. The third-order valence-corrected chi connectivity index (χ3v) is 4.32. The predicted molar refractivity (Wildman–Crippen MR) is 113 cm³/mol. The zero-order chi connectivity index (χ0) is 24.8. The Kier molecular flexibility index (Phi) is 7.75.